The highest BCUT2D eigenvalue weighted by Crippen LogP contribution is 2.31. The van der Waals surface area contributed by atoms with Crippen molar-refractivity contribution >= 4 is 23.8 Å². The second-order valence-electron chi connectivity index (χ2n) is 8.24. The molecule has 11 nitrogen and oxygen atoms in total. The van der Waals surface area contributed by atoms with Crippen LogP contribution in [0.25, 0.3) is 0 Å². The van der Waals surface area contributed by atoms with Crippen LogP contribution in [0.4, 0.5) is 9.18 Å². The predicted octanol–water partition coefficient (Wildman–Crippen LogP) is 3.76. The summed E-state index contributed by atoms with van der Waals surface area (Å²) >= 11 is 1.26. The van der Waals surface area contributed by atoms with E-state index in [1.54, 1.807) is 38.3 Å². The molecule has 0 unspecified atom stereocenters. The number of methoxy groups -OCH3 is 1. The van der Waals surface area contributed by atoms with Gasteiger partial charge in [0, 0.05) is 18.6 Å². The minimum atomic E-state index is -0.816. The maximum absolute atomic E-state index is 14.0. The summed E-state index contributed by atoms with van der Waals surface area (Å²) in [5, 5.41) is 14.5. The van der Waals surface area contributed by atoms with Crippen LogP contribution in [0.5, 0.6) is 5.75 Å². The van der Waals surface area contributed by atoms with Crippen molar-refractivity contribution in [2.24, 2.45) is 0 Å². The van der Waals surface area contributed by atoms with Gasteiger partial charge in [0.05, 0.1) is 31.1 Å². The molecule has 38 heavy (non-hydrogen) atoms. The Bertz CT molecular complexity index is 1300. The minimum absolute atomic E-state index is 0.0272. The van der Waals surface area contributed by atoms with Gasteiger partial charge in [0.25, 0.3) is 0 Å². The van der Waals surface area contributed by atoms with Crippen molar-refractivity contribution in [2.45, 2.75) is 37.7 Å². The molecular weight excluding hydrogens is 517 g/mol. The summed E-state index contributed by atoms with van der Waals surface area (Å²) in [6.45, 7) is 4.12. The Labute approximate surface area is 222 Å². The zero-order chi connectivity index (χ0) is 27.1. The third kappa shape index (κ3) is 6.17. The fourth-order valence-corrected chi connectivity index (χ4v) is 4.98. The third-order valence-corrected chi connectivity index (χ3v) is 6.57. The van der Waals surface area contributed by atoms with Crippen LogP contribution < -0.4 is 15.4 Å². The van der Waals surface area contributed by atoms with Gasteiger partial charge >= 0.3 is 12.0 Å². The number of nitrogens with one attached hydrogen (secondary N) is 2. The average Bonchev–Trinajstić information content (AvgIpc) is 3.57. The summed E-state index contributed by atoms with van der Waals surface area (Å²) in [4.78, 5) is 25.4. The van der Waals surface area contributed by atoms with Crippen LogP contribution in [0.15, 0.2) is 63.5 Å². The lowest BCUT2D eigenvalue weighted by molar-refractivity contribution is -0.139. The summed E-state index contributed by atoms with van der Waals surface area (Å²) in [7, 11) is 1.58. The van der Waals surface area contributed by atoms with Crippen molar-refractivity contribution in [3.63, 3.8) is 0 Å². The van der Waals surface area contributed by atoms with Gasteiger partial charge in [-0.15, -0.1) is 10.2 Å². The molecule has 1 aliphatic heterocycles. The largest absolute Gasteiger partial charge is 0.483 e. The Morgan fingerprint density at radius 2 is 2.08 bits per heavy atom. The number of urea groups is 1. The van der Waals surface area contributed by atoms with Gasteiger partial charge in [-0.1, -0.05) is 23.9 Å². The van der Waals surface area contributed by atoms with Gasteiger partial charge in [-0.05, 0) is 38.1 Å². The van der Waals surface area contributed by atoms with E-state index in [1.807, 2.05) is 11.5 Å². The van der Waals surface area contributed by atoms with E-state index in [9.17, 15) is 14.0 Å². The number of furan rings is 1. The second-order valence-corrected chi connectivity index (χ2v) is 9.18. The monoisotopic (exact) mass is 545 g/mol. The van der Waals surface area contributed by atoms with Gasteiger partial charge in [0.1, 0.15) is 18.4 Å². The van der Waals surface area contributed by atoms with Crippen molar-refractivity contribution in [1.82, 2.24) is 25.4 Å². The number of thioether (sulfide) groups is 1. The lowest BCUT2D eigenvalue weighted by Gasteiger charge is -2.27. The summed E-state index contributed by atoms with van der Waals surface area (Å²) < 4.78 is 37.6. The number of benzene rings is 1. The number of hydrogen-bond donors (Lipinski definition) is 2. The molecule has 3 aromatic rings. The van der Waals surface area contributed by atoms with Crippen LogP contribution in [0.3, 0.4) is 0 Å². The van der Waals surface area contributed by atoms with Gasteiger partial charge in [0.15, 0.2) is 22.5 Å². The van der Waals surface area contributed by atoms with Gasteiger partial charge in [0.2, 0.25) is 0 Å². The molecule has 2 N–H and O–H groups in total. The van der Waals surface area contributed by atoms with E-state index in [4.69, 9.17) is 18.6 Å². The zero-order valence-electron chi connectivity index (χ0n) is 21.1. The van der Waals surface area contributed by atoms with E-state index in [-0.39, 0.29) is 36.3 Å². The Morgan fingerprint density at radius 1 is 1.26 bits per heavy atom. The number of carbonyl (C=O) groups excluding carboxylic acids is 2. The molecule has 0 spiro atoms. The maximum atomic E-state index is 14.0. The quantitative estimate of drug-likeness (QED) is 0.258. The average molecular weight is 546 g/mol. The first-order chi connectivity index (χ1) is 18.4. The first kappa shape index (κ1) is 27.2. The molecule has 0 fully saturated rings. The van der Waals surface area contributed by atoms with E-state index >= 15 is 0 Å². The smallest absolute Gasteiger partial charge is 0.338 e. The van der Waals surface area contributed by atoms with Gasteiger partial charge in [-0.25, -0.2) is 14.0 Å². The SMILES string of the molecule is CCOC(=O)C1=C(CSc2nnc(COc3ccccc3F)n2[C@@H](C)COC)NC(=O)N[C@H]1c1ccco1. The van der Waals surface area contributed by atoms with E-state index in [0.29, 0.717) is 29.0 Å². The highest BCUT2D eigenvalue weighted by Gasteiger charge is 2.35. The van der Waals surface area contributed by atoms with Crippen molar-refractivity contribution in [2.75, 3.05) is 26.1 Å². The van der Waals surface area contributed by atoms with Crippen molar-refractivity contribution in [3.05, 3.63) is 71.3 Å². The fourth-order valence-electron chi connectivity index (χ4n) is 3.95. The topological polar surface area (TPSA) is 130 Å². The Morgan fingerprint density at radius 3 is 2.79 bits per heavy atom. The lowest BCUT2D eigenvalue weighted by Crippen LogP contribution is -2.46. The molecule has 1 aliphatic rings. The number of carbonyl (C=O) groups is 2. The van der Waals surface area contributed by atoms with E-state index < -0.39 is 23.9 Å². The summed E-state index contributed by atoms with van der Waals surface area (Å²) in [6.07, 6.45) is 1.46. The second kappa shape index (κ2) is 12.6. The Kier molecular flexibility index (Phi) is 9.02. The molecular formula is C25H28FN5O6S. The first-order valence-corrected chi connectivity index (χ1v) is 12.8. The van der Waals surface area contributed by atoms with Gasteiger partial charge in [-0.3, -0.25) is 4.57 Å². The lowest BCUT2D eigenvalue weighted by atomic mass is 10.0. The highest BCUT2D eigenvalue weighted by molar-refractivity contribution is 7.99. The number of amides is 2. The number of para-hydroxylation sites is 1. The highest BCUT2D eigenvalue weighted by atomic mass is 32.2. The van der Waals surface area contributed by atoms with E-state index in [0.717, 1.165) is 0 Å². The summed E-state index contributed by atoms with van der Waals surface area (Å²) in [5.41, 5.74) is 0.588. The molecule has 2 amide bonds. The number of hydrogen-bond acceptors (Lipinski definition) is 9. The zero-order valence-corrected chi connectivity index (χ0v) is 21.9. The summed E-state index contributed by atoms with van der Waals surface area (Å²) in [5.74, 6) is 0.0680. The molecule has 202 valence electrons. The summed E-state index contributed by atoms with van der Waals surface area (Å²) in [6, 6.07) is 7.96. The molecule has 0 radical (unpaired) electrons. The number of ether oxygens (including phenoxy) is 3. The molecule has 0 saturated heterocycles. The molecule has 13 heteroatoms. The van der Waals surface area contributed by atoms with Crippen LogP contribution >= 0.6 is 11.8 Å². The standard InChI is InChI=1S/C25H28FN5O6S/c1-4-35-23(32)21-17(27-24(33)28-22(21)19-10-7-11-36-19)14-38-25-30-29-20(31(25)15(2)12-34-3)13-37-18-9-6-5-8-16(18)26/h5-11,15,22H,4,12-14H2,1-3H3,(H2,27,28,33)/t15-,22-/m0/s1. The van der Waals surface area contributed by atoms with Crippen molar-refractivity contribution < 1.29 is 32.6 Å². The Balaban J connectivity index is 1.62. The van der Waals surface area contributed by atoms with Crippen LogP contribution in [-0.4, -0.2) is 52.8 Å². The fraction of sp³-hybridized carbons (Fsp3) is 0.360. The molecule has 0 saturated carbocycles. The molecule has 0 aliphatic carbocycles. The number of rotatable bonds is 12. The predicted molar refractivity (Wildman–Crippen MR) is 135 cm³/mol. The minimum Gasteiger partial charge on any atom is -0.483 e. The van der Waals surface area contributed by atoms with E-state index in [2.05, 4.69) is 20.8 Å². The molecule has 0 bridgehead atoms. The molecule has 4 rings (SSSR count). The van der Waals surface area contributed by atoms with Crippen LogP contribution in [0.2, 0.25) is 0 Å². The number of aromatic nitrogens is 3. The van der Waals surface area contributed by atoms with Gasteiger partial charge < -0.3 is 29.3 Å². The normalized spacial score (nSPS) is 16.1. The van der Waals surface area contributed by atoms with Crippen molar-refractivity contribution in [3.8, 4) is 5.75 Å². The molecule has 3 heterocycles. The number of halogens is 1. The maximum Gasteiger partial charge on any atom is 0.338 e. The van der Waals surface area contributed by atoms with Gasteiger partial charge in [-0.2, -0.15) is 0 Å². The third-order valence-electron chi connectivity index (χ3n) is 5.60. The van der Waals surface area contributed by atoms with Crippen LogP contribution in [0, 0.1) is 5.82 Å². The number of nitrogens with zero attached hydrogens (tertiary/aromatic N) is 3. The van der Waals surface area contributed by atoms with Crippen LogP contribution in [-0.2, 0) is 20.9 Å². The Hall–Kier alpha value is -3.84. The molecule has 2 aromatic heterocycles. The van der Waals surface area contributed by atoms with Crippen LogP contribution in [0.1, 0.15) is 37.5 Å². The van der Waals surface area contributed by atoms with Crippen molar-refractivity contribution in [1.29, 1.82) is 0 Å². The molecule has 1 aromatic carbocycles. The first-order valence-electron chi connectivity index (χ1n) is 11.9. The molecule has 2 atom stereocenters. The number of esters is 1. The van der Waals surface area contributed by atoms with E-state index in [1.165, 1.54) is 30.2 Å².